The summed E-state index contributed by atoms with van der Waals surface area (Å²) in [6.45, 7) is 5.92. The Bertz CT molecular complexity index is 196. The number of ether oxygens (including phenoxy) is 4. The first kappa shape index (κ1) is 10.4. The first-order valence-corrected chi connectivity index (χ1v) is 5.11. The molecule has 2 saturated heterocycles. The van der Waals surface area contributed by atoms with Crippen LogP contribution >= 0.6 is 0 Å². The van der Waals surface area contributed by atoms with Gasteiger partial charge in [-0.25, -0.2) is 0 Å². The minimum absolute atomic E-state index is 0.0138. The van der Waals surface area contributed by atoms with Gasteiger partial charge in [-0.1, -0.05) is 6.92 Å². The Morgan fingerprint density at radius 2 is 1.86 bits per heavy atom. The predicted octanol–water partition coefficient (Wildman–Crippen LogP) is 1.29. The second-order valence-electron chi connectivity index (χ2n) is 4.25. The van der Waals surface area contributed by atoms with Crippen LogP contribution in [0.1, 0.15) is 27.2 Å². The molecule has 0 radical (unpaired) electrons. The summed E-state index contributed by atoms with van der Waals surface area (Å²) in [6.07, 6.45) is 0.652. The molecule has 0 spiro atoms. The van der Waals surface area contributed by atoms with Gasteiger partial charge in [-0.3, -0.25) is 0 Å². The molecule has 0 amide bonds. The van der Waals surface area contributed by atoms with E-state index in [1.165, 1.54) is 0 Å². The Morgan fingerprint density at radius 3 is 2.43 bits per heavy atom. The molecule has 0 aromatic rings. The van der Waals surface area contributed by atoms with Gasteiger partial charge in [0.15, 0.2) is 12.1 Å². The molecular weight excluding hydrogens is 184 g/mol. The summed E-state index contributed by atoms with van der Waals surface area (Å²) >= 11 is 0. The number of hydrogen-bond donors (Lipinski definition) is 0. The van der Waals surface area contributed by atoms with E-state index < -0.39 is 5.79 Å². The first-order chi connectivity index (χ1) is 6.57. The SMILES string of the molecule is CCC1OC(OC)[C@H]2OC(C)(C)O[C@@H]12. The van der Waals surface area contributed by atoms with Crippen LogP contribution in [0.5, 0.6) is 0 Å². The van der Waals surface area contributed by atoms with E-state index in [0.717, 1.165) is 6.42 Å². The van der Waals surface area contributed by atoms with Crippen molar-refractivity contribution in [1.82, 2.24) is 0 Å². The summed E-state index contributed by atoms with van der Waals surface area (Å²) in [5.41, 5.74) is 0. The molecule has 2 aliphatic rings. The van der Waals surface area contributed by atoms with Crippen LogP contribution < -0.4 is 0 Å². The number of methoxy groups -OCH3 is 1. The maximum atomic E-state index is 5.78. The van der Waals surface area contributed by atoms with Crippen molar-refractivity contribution in [2.24, 2.45) is 0 Å². The van der Waals surface area contributed by atoms with Crippen LogP contribution in [-0.4, -0.2) is 37.5 Å². The molecule has 2 fully saturated rings. The van der Waals surface area contributed by atoms with E-state index in [2.05, 4.69) is 6.92 Å². The lowest BCUT2D eigenvalue weighted by Gasteiger charge is -2.22. The highest BCUT2D eigenvalue weighted by Crippen LogP contribution is 2.39. The van der Waals surface area contributed by atoms with Gasteiger partial charge >= 0.3 is 0 Å². The van der Waals surface area contributed by atoms with Gasteiger partial charge in [0.25, 0.3) is 0 Å². The number of rotatable bonds is 2. The second-order valence-corrected chi connectivity index (χ2v) is 4.25. The molecule has 0 aliphatic carbocycles. The molecular formula is C10H18O4. The smallest absolute Gasteiger partial charge is 0.186 e. The van der Waals surface area contributed by atoms with Gasteiger partial charge in [0.05, 0.1) is 6.10 Å². The van der Waals surface area contributed by atoms with Gasteiger partial charge in [0.1, 0.15) is 12.2 Å². The highest BCUT2D eigenvalue weighted by molar-refractivity contribution is 4.94. The molecule has 4 nitrogen and oxygen atoms in total. The molecule has 0 aromatic carbocycles. The third kappa shape index (κ3) is 1.56. The van der Waals surface area contributed by atoms with Gasteiger partial charge in [0.2, 0.25) is 0 Å². The van der Waals surface area contributed by atoms with E-state index >= 15 is 0 Å². The molecule has 0 N–H and O–H groups in total. The van der Waals surface area contributed by atoms with Crippen LogP contribution in [0, 0.1) is 0 Å². The molecule has 2 unspecified atom stereocenters. The Labute approximate surface area is 84.5 Å². The van der Waals surface area contributed by atoms with Crippen LogP contribution in [0.4, 0.5) is 0 Å². The second kappa shape index (κ2) is 3.45. The maximum absolute atomic E-state index is 5.78. The van der Waals surface area contributed by atoms with E-state index in [9.17, 15) is 0 Å². The van der Waals surface area contributed by atoms with Gasteiger partial charge < -0.3 is 18.9 Å². The number of hydrogen-bond acceptors (Lipinski definition) is 4. The van der Waals surface area contributed by atoms with Crippen molar-refractivity contribution in [3.05, 3.63) is 0 Å². The standard InChI is InChI=1S/C10H18O4/c1-5-6-7-8(9(11-4)12-6)14-10(2,3)13-7/h6-9H,5H2,1-4H3/t6?,7-,8-,9?/m0/s1. The molecule has 4 atom stereocenters. The first-order valence-electron chi connectivity index (χ1n) is 5.11. The fourth-order valence-electron chi connectivity index (χ4n) is 2.16. The molecule has 14 heavy (non-hydrogen) atoms. The largest absolute Gasteiger partial charge is 0.353 e. The van der Waals surface area contributed by atoms with Crippen molar-refractivity contribution in [2.45, 2.75) is 57.6 Å². The fourth-order valence-corrected chi connectivity index (χ4v) is 2.16. The van der Waals surface area contributed by atoms with Gasteiger partial charge in [-0.2, -0.15) is 0 Å². The monoisotopic (exact) mass is 202 g/mol. The third-order valence-corrected chi connectivity index (χ3v) is 2.74. The van der Waals surface area contributed by atoms with E-state index in [-0.39, 0.29) is 24.6 Å². The maximum Gasteiger partial charge on any atom is 0.186 e. The summed E-state index contributed by atoms with van der Waals surface area (Å²) in [5.74, 6) is -0.511. The van der Waals surface area contributed by atoms with Crippen molar-refractivity contribution in [3.63, 3.8) is 0 Å². The van der Waals surface area contributed by atoms with Crippen LogP contribution in [0.3, 0.4) is 0 Å². The molecule has 0 bridgehead atoms. The van der Waals surface area contributed by atoms with Gasteiger partial charge in [0, 0.05) is 7.11 Å². The zero-order valence-corrected chi connectivity index (χ0v) is 9.15. The van der Waals surface area contributed by atoms with E-state index in [0.29, 0.717) is 0 Å². The average molecular weight is 202 g/mol. The normalized spacial score (nSPS) is 45.4. The van der Waals surface area contributed by atoms with Crippen LogP contribution in [0.2, 0.25) is 0 Å². The zero-order valence-electron chi connectivity index (χ0n) is 9.15. The summed E-state index contributed by atoms with van der Waals surface area (Å²) in [7, 11) is 1.63. The Kier molecular flexibility index (Phi) is 2.55. The molecule has 2 heterocycles. The molecule has 2 rings (SSSR count). The summed E-state index contributed by atoms with van der Waals surface area (Å²) < 4.78 is 22.4. The van der Waals surface area contributed by atoms with Crippen LogP contribution in [0.25, 0.3) is 0 Å². The molecule has 4 heteroatoms. The minimum Gasteiger partial charge on any atom is -0.353 e. The van der Waals surface area contributed by atoms with E-state index in [4.69, 9.17) is 18.9 Å². The van der Waals surface area contributed by atoms with Crippen molar-refractivity contribution in [1.29, 1.82) is 0 Å². The highest BCUT2D eigenvalue weighted by Gasteiger charge is 2.54. The van der Waals surface area contributed by atoms with E-state index in [1.54, 1.807) is 7.11 Å². The van der Waals surface area contributed by atoms with Gasteiger partial charge in [-0.05, 0) is 20.3 Å². The van der Waals surface area contributed by atoms with Gasteiger partial charge in [-0.15, -0.1) is 0 Å². The van der Waals surface area contributed by atoms with Crippen LogP contribution in [0.15, 0.2) is 0 Å². The average Bonchev–Trinajstić information content (AvgIpc) is 2.57. The predicted molar refractivity (Wildman–Crippen MR) is 49.8 cm³/mol. The van der Waals surface area contributed by atoms with Crippen molar-refractivity contribution < 1.29 is 18.9 Å². The Balaban J connectivity index is 2.12. The topological polar surface area (TPSA) is 36.9 Å². The summed E-state index contributed by atoms with van der Waals surface area (Å²) in [5, 5.41) is 0. The lowest BCUT2D eigenvalue weighted by Crippen LogP contribution is -2.30. The minimum atomic E-state index is -0.511. The van der Waals surface area contributed by atoms with Crippen molar-refractivity contribution in [2.75, 3.05) is 7.11 Å². The Morgan fingerprint density at radius 1 is 1.21 bits per heavy atom. The summed E-state index contributed by atoms with van der Waals surface area (Å²) in [4.78, 5) is 0. The van der Waals surface area contributed by atoms with Crippen molar-refractivity contribution in [3.8, 4) is 0 Å². The fraction of sp³-hybridized carbons (Fsp3) is 1.00. The third-order valence-electron chi connectivity index (χ3n) is 2.74. The highest BCUT2D eigenvalue weighted by atomic mass is 16.8. The molecule has 0 saturated carbocycles. The lowest BCUT2D eigenvalue weighted by molar-refractivity contribution is -0.227. The summed E-state index contributed by atoms with van der Waals surface area (Å²) in [6, 6.07) is 0. The van der Waals surface area contributed by atoms with Crippen LogP contribution in [-0.2, 0) is 18.9 Å². The molecule has 0 aromatic heterocycles. The molecule has 2 aliphatic heterocycles. The van der Waals surface area contributed by atoms with Crippen molar-refractivity contribution >= 4 is 0 Å². The Hall–Kier alpha value is -0.160. The zero-order chi connectivity index (χ0) is 10.3. The quantitative estimate of drug-likeness (QED) is 0.676. The van der Waals surface area contributed by atoms with E-state index in [1.807, 2.05) is 13.8 Å². The number of fused-ring (bicyclic) bond motifs is 1. The lowest BCUT2D eigenvalue weighted by atomic mass is 10.1. The molecule has 82 valence electrons.